The zero-order valence-corrected chi connectivity index (χ0v) is 13.3. The van der Waals surface area contributed by atoms with Crippen LogP contribution in [0.5, 0.6) is 5.75 Å². The third-order valence-electron chi connectivity index (χ3n) is 3.68. The molecule has 1 fully saturated rings. The molecule has 0 aliphatic carbocycles. The van der Waals surface area contributed by atoms with Crippen LogP contribution in [0.3, 0.4) is 0 Å². The van der Waals surface area contributed by atoms with Crippen LogP contribution in [0.2, 0.25) is 0 Å². The largest absolute Gasteiger partial charge is 0.493 e. The highest BCUT2D eigenvalue weighted by atomic mass is 16.5. The van der Waals surface area contributed by atoms with Crippen LogP contribution in [0, 0.1) is 5.92 Å². The van der Waals surface area contributed by atoms with Crippen molar-refractivity contribution in [1.82, 2.24) is 4.90 Å². The van der Waals surface area contributed by atoms with Crippen molar-refractivity contribution in [2.24, 2.45) is 5.92 Å². The number of rotatable bonds is 5. The summed E-state index contributed by atoms with van der Waals surface area (Å²) in [5, 5.41) is 0. The van der Waals surface area contributed by atoms with Crippen molar-refractivity contribution in [3.05, 3.63) is 35.4 Å². The Morgan fingerprint density at radius 2 is 2.10 bits per heavy atom. The molecule has 1 aromatic rings. The average Bonchev–Trinajstić information content (AvgIpc) is 2.48. The van der Waals surface area contributed by atoms with Crippen LogP contribution in [-0.2, 0) is 4.79 Å². The molecule has 0 aromatic heterocycles. The first-order valence-electron chi connectivity index (χ1n) is 7.78. The highest BCUT2D eigenvalue weighted by molar-refractivity contribution is 6.01. The number of nitrogens with zero attached hydrogens (tertiary/aromatic N) is 1. The van der Waals surface area contributed by atoms with E-state index in [1.165, 1.54) is 0 Å². The fourth-order valence-corrected chi connectivity index (χ4v) is 2.40. The van der Waals surface area contributed by atoms with E-state index >= 15 is 0 Å². The van der Waals surface area contributed by atoms with Crippen LogP contribution in [0.1, 0.15) is 32.8 Å². The second kappa shape index (κ2) is 7.41. The second-order valence-electron chi connectivity index (χ2n) is 5.95. The van der Waals surface area contributed by atoms with Crippen molar-refractivity contribution in [1.29, 1.82) is 0 Å². The minimum Gasteiger partial charge on any atom is -0.493 e. The second-order valence-corrected chi connectivity index (χ2v) is 5.95. The Morgan fingerprint density at radius 1 is 1.33 bits per heavy atom. The number of piperidine rings is 1. The standard InChI is InChI=1S/C18H25NO2/c1-4-19-10-9-17(20)16(12-19)11-15-7-5-6-8-18(15)21-13-14(2)3/h5-8,11,14H,4,9-10,12-13H2,1-3H3/b16-11+. The predicted octanol–water partition coefficient (Wildman–Crippen LogP) is 3.40. The summed E-state index contributed by atoms with van der Waals surface area (Å²) in [6.07, 6.45) is 2.62. The number of likely N-dealkylation sites (tertiary alicyclic amines) is 1. The minimum atomic E-state index is 0.262. The SMILES string of the molecule is CCN1CCC(=O)/C(=C/c2ccccc2OCC(C)C)C1. The maximum atomic E-state index is 12.1. The Hall–Kier alpha value is -1.61. The summed E-state index contributed by atoms with van der Waals surface area (Å²) >= 11 is 0. The lowest BCUT2D eigenvalue weighted by molar-refractivity contribution is -0.117. The molecule has 0 N–H and O–H groups in total. The summed E-state index contributed by atoms with van der Waals surface area (Å²) in [7, 11) is 0. The lowest BCUT2D eigenvalue weighted by atomic mass is 10.00. The molecule has 3 nitrogen and oxygen atoms in total. The van der Waals surface area contributed by atoms with Crippen LogP contribution < -0.4 is 4.74 Å². The predicted molar refractivity (Wildman–Crippen MR) is 86.5 cm³/mol. The first kappa shape index (κ1) is 15.8. The van der Waals surface area contributed by atoms with Gasteiger partial charge >= 0.3 is 0 Å². The van der Waals surface area contributed by atoms with Crippen molar-refractivity contribution in [2.75, 3.05) is 26.2 Å². The van der Waals surface area contributed by atoms with Gasteiger partial charge in [0, 0.05) is 30.6 Å². The Balaban J connectivity index is 2.20. The van der Waals surface area contributed by atoms with Gasteiger partial charge in [0.05, 0.1) is 6.61 Å². The van der Waals surface area contributed by atoms with Gasteiger partial charge in [-0.2, -0.15) is 0 Å². The van der Waals surface area contributed by atoms with E-state index in [9.17, 15) is 4.79 Å². The molecule has 114 valence electrons. The van der Waals surface area contributed by atoms with E-state index in [0.29, 0.717) is 18.9 Å². The van der Waals surface area contributed by atoms with Crippen molar-refractivity contribution >= 4 is 11.9 Å². The Kier molecular flexibility index (Phi) is 5.57. The van der Waals surface area contributed by atoms with Crippen molar-refractivity contribution in [3.8, 4) is 5.75 Å². The molecule has 3 heteroatoms. The van der Waals surface area contributed by atoms with E-state index in [2.05, 4.69) is 25.7 Å². The summed E-state index contributed by atoms with van der Waals surface area (Å²) in [5.41, 5.74) is 1.89. The number of Topliss-reactive ketones (excluding diaryl/α,β-unsaturated/α-hetero) is 1. The van der Waals surface area contributed by atoms with E-state index < -0.39 is 0 Å². The third-order valence-corrected chi connectivity index (χ3v) is 3.68. The lowest BCUT2D eigenvalue weighted by Crippen LogP contribution is -2.35. The van der Waals surface area contributed by atoms with Gasteiger partial charge in [0.1, 0.15) is 5.75 Å². The molecule has 2 rings (SSSR count). The molecular weight excluding hydrogens is 262 g/mol. The van der Waals surface area contributed by atoms with Crippen LogP contribution in [-0.4, -0.2) is 36.9 Å². The maximum Gasteiger partial charge on any atom is 0.161 e. The van der Waals surface area contributed by atoms with Gasteiger partial charge in [-0.15, -0.1) is 0 Å². The number of benzene rings is 1. The van der Waals surface area contributed by atoms with Gasteiger partial charge in [0.15, 0.2) is 5.78 Å². The quantitative estimate of drug-likeness (QED) is 0.777. The first-order valence-corrected chi connectivity index (χ1v) is 7.78. The monoisotopic (exact) mass is 287 g/mol. The number of ketones is 1. The molecule has 1 aromatic carbocycles. The van der Waals surface area contributed by atoms with Gasteiger partial charge in [-0.25, -0.2) is 0 Å². The van der Waals surface area contributed by atoms with Crippen LogP contribution in [0.25, 0.3) is 6.08 Å². The van der Waals surface area contributed by atoms with Crippen molar-refractivity contribution in [3.63, 3.8) is 0 Å². The smallest absolute Gasteiger partial charge is 0.161 e. The highest BCUT2D eigenvalue weighted by Crippen LogP contribution is 2.23. The van der Waals surface area contributed by atoms with Crippen LogP contribution in [0.4, 0.5) is 0 Å². The molecule has 0 unspecified atom stereocenters. The molecule has 0 radical (unpaired) electrons. The average molecular weight is 287 g/mol. The lowest BCUT2D eigenvalue weighted by Gasteiger charge is -2.26. The summed E-state index contributed by atoms with van der Waals surface area (Å²) < 4.78 is 5.86. The van der Waals surface area contributed by atoms with Crippen LogP contribution in [0.15, 0.2) is 29.8 Å². The molecule has 0 atom stereocenters. The van der Waals surface area contributed by atoms with E-state index in [1.807, 2.05) is 30.3 Å². The van der Waals surface area contributed by atoms with E-state index in [4.69, 9.17) is 4.74 Å². The minimum absolute atomic E-state index is 0.262. The third kappa shape index (κ3) is 4.43. The fourth-order valence-electron chi connectivity index (χ4n) is 2.40. The van der Waals surface area contributed by atoms with Gasteiger partial charge in [0.25, 0.3) is 0 Å². The summed E-state index contributed by atoms with van der Waals surface area (Å²) in [6, 6.07) is 7.94. The molecule has 0 saturated carbocycles. The number of hydrogen-bond donors (Lipinski definition) is 0. The topological polar surface area (TPSA) is 29.5 Å². The molecule has 1 aliphatic heterocycles. The van der Waals surface area contributed by atoms with Gasteiger partial charge in [-0.1, -0.05) is 39.0 Å². The summed E-state index contributed by atoms with van der Waals surface area (Å²) in [4.78, 5) is 14.4. The summed E-state index contributed by atoms with van der Waals surface area (Å²) in [5.74, 6) is 1.61. The Morgan fingerprint density at radius 3 is 2.81 bits per heavy atom. The summed E-state index contributed by atoms with van der Waals surface area (Å²) in [6.45, 7) is 9.68. The van der Waals surface area contributed by atoms with Gasteiger partial charge in [-0.05, 0) is 24.6 Å². The Bertz CT molecular complexity index is 520. The first-order chi connectivity index (χ1) is 10.1. The number of ether oxygens (including phenoxy) is 1. The van der Waals surface area contributed by atoms with Gasteiger partial charge in [-0.3, -0.25) is 9.69 Å². The molecule has 1 heterocycles. The zero-order chi connectivity index (χ0) is 15.2. The molecule has 0 spiro atoms. The highest BCUT2D eigenvalue weighted by Gasteiger charge is 2.20. The normalized spacial score (nSPS) is 18.5. The number of para-hydroxylation sites is 1. The van der Waals surface area contributed by atoms with Crippen LogP contribution >= 0.6 is 0 Å². The van der Waals surface area contributed by atoms with E-state index in [-0.39, 0.29) is 5.78 Å². The number of hydrogen-bond acceptors (Lipinski definition) is 3. The zero-order valence-electron chi connectivity index (χ0n) is 13.3. The number of likely N-dealkylation sites (N-methyl/N-ethyl adjacent to an activating group) is 1. The van der Waals surface area contributed by atoms with E-state index in [0.717, 1.165) is 36.5 Å². The molecule has 0 amide bonds. The molecule has 21 heavy (non-hydrogen) atoms. The maximum absolute atomic E-state index is 12.1. The fraction of sp³-hybridized carbons (Fsp3) is 0.500. The van der Waals surface area contributed by atoms with E-state index in [1.54, 1.807) is 0 Å². The Labute approximate surface area is 127 Å². The molecule has 0 bridgehead atoms. The van der Waals surface area contributed by atoms with Crippen molar-refractivity contribution < 1.29 is 9.53 Å². The molecule has 1 saturated heterocycles. The van der Waals surface area contributed by atoms with Gasteiger partial charge < -0.3 is 4.74 Å². The molecular formula is C18H25NO2. The number of carbonyl (C=O) groups excluding carboxylic acids is 1. The number of carbonyl (C=O) groups is 1. The molecule has 1 aliphatic rings. The van der Waals surface area contributed by atoms with Crippen molar-refractivity contribution in [2.45, 2.75) is 27.2 Å². The van der Waals surface area contributed by atoms with Gasteiger partial charge in [0.2, 0.25) is 0 Å².